The Balaban J connectivity index is 1.37. The number of hydrogen-bond acceptors (Lipinski definition) is 8. The van der Waals surface area contributed by atoms with Crippen LogP contribution in [0.4, 0.5) is 0 Å². The maximum absolute atomic E-state index is 10.7. The van der Waals surface area contributed by atoms with Crippen molar-refractivity contribution in [3.05, 3.63) is 108 Å². The minimum atomic E-state index is -1.34. The van der Waals surface area contributed by atoms with Gasteiger partial charge in [0.15, 0.2) is 6.29 Å². The van der Waals surface area contributed by atoms with E-state index in [1.54, 1.807) is 6.92 Å². The molecular weight excluding hydrogens is 536 g/mol. The van der Waals surface area contributed by atoms with Gasteiger partial charge in [-0.15, -0.1) is 0 Å². The molecule has 5 rings (SSSR count). The third-order valence-corrected chi connectivity index (χ3v) is 8.06. The SMILES string of the molecule is CC[C@@]1(O)CO[C@@H](OC[C@H]2O[C@@H](C)[C@H](OCc3ccccc3)[C@@H](OCc3ccccc3)[C@@H]2OCc2ccccc2)[C@@H]1O. The van der Waals surface area contributed by atoms with Crippen LogP contribution in [-0.2, 0) is 48.2 Å². The monoisotopic (exact) mass is 578 g/mol. The molecule has 0 spiro atoms. The van der Waals surface area contributed by atoms with E-state index in [9.17, 15) is 10.2 Å². The van der Waals surface area contributed by atoms with Crippen molar-refractivity contribution in [2.24, 2.45) is 0 Å². The smallest absolute Gasteiger partial charge is 0.186 e. The zero-order valence-electron chi connectivity index (χ0n) is 24.3. The second kappa shape index (κ2) is 14.7. The molecule has 3 aromatic rings. The Labute approximate surface area is 248 Å². The first kappa shape index (κ1) is 30.8. The van der Waals surface area contributed by atoms with Crippen LogP contribution in [0.15, 0.2) is 91.0 Å². The molecule has 0 bridgehead atoms. The molecule has 0 radical (unpaired) electrons. The van der Waals surface area contributed by atoms with E-state index in [0.717, 1.165) is 16.7 Å². The number of benzene rings is 3. The average molecular weight is 579 g/mol. The van der Waals surface area contributed by atoms with Gasteiger partial charge in [-0.3, -0.25) is 0 Å². The molecule has 8 nitrogen and oxygen atoms in total. The van der Waals surface area contributed by atoms with Crippen molar-refractivity contribution >= 4 is 0 Å². The van der Waals surface area contributed by atoms with Gasteiger partial charge in [-0.2, -0.15) is 0 Å². The molecule has 0 amide bonds. The van der Waals surface area contributed by atoms with Crippen LogP contribution in [0.2, 0.25) is 0 Å². The Morgan fingerprint density at radius 3 is 1.67 bits per heavy atom. The number of aliphatic hydroxyl groups is 2. The van der Waals surface area contributed by atoms with Crippen LogP contribution in [0.3, 0.4) is 0 Å². The van der Waals surface area contributed by atoms with Crippen LogP contribution in [0.1, 0.15) is 37.0 Å². The van der Waals surface area contributed by atoms with Crippen molar-refractivity contribution in [1.29, 1.82) is 0 Å². The van der Waals surface area contributed by atoms with Gasteiger partial charge in [0, 0.05) is 0 Å². The molecule has 8 heteroatoms. The zero-order valence-corrected chi connectivity index (χ0v) is 24.3. The Morgan fingerprint density at radius 1 is 0.714 bits per heavy atom. The van der Waals surface area contributed by atoms with Crippen LogP contribution in [0, 0.1) is 0 Å². The lowest BCUT2D eigenvalue weighted by molar-refractivity contribution is -0.278. The quantitative estimate of drug-likeness (QED) is 0.308. The summed E-state index contributed by atoms with van der Waals surface area (Å²) in [6.07, 6.45) is -4.16. The van der Waals surface area contributed by atoms with Crippen molar-refractivity contribution in [2.45, 2.75) is 88.6 Å². The minimum absolute atomic E-state index is 0.00338. The van der Waals surface area contributed by atoms with Gasteiger partial charge in [-0.05, 0) is 30.0 Å². The summed E-state index contributed by atoms with van der Waals surface area (Å²) in [7, 11) is 0. The molecule has 42 heavy (non-hydrogen) atoms. The molecule has 2 aliphatic heterocycles. The van der Waals surface area contributed by atoms with E-state index in [2.05, 4.69) is 0 Å². The van der Waals surface area contributed by atoms with Crippen LogP contribution in [0.25, 0.3) is 0 Å². The fourth-order valence-electron chi connectivity index (χ4n) is 5.45. The van der Waals surface area contributed by atoms with Crippen LogP contribution in [-0.4, -0.2) is 71.9 Å². The molecule has 3 aromatic carbocycles. The Hall–Kier alpha value is -2.66. The molecule has 2 fully saturated rings. The summed E-state index contributed by atoms with van der Waals surface area (Å²) in [6, 6.07) is 29.9. The molecule has 226 valence electrons. The van der Waals surface area contributed by atoms with Crippen molar-refractivity contribution in [2.75, 3.05) is 13.2 Å². The van der Waals surface area contributed by atoms with Crippen LogP contribution < -0.4 is 0 Å². The lowest BCUT2D eigenvalue weighted by atomic mass is 9.94. The van der Waals surface area contributed by atoms with Gasteiger partial charge in [0.05, 0.1) is 39.1 Å². The summed E-state index contributed by atoms with van der Waals surface area (Å²) >= 11 is 0. The molecule has 0 aromatic heterocycles. The Kier molecular flexibility index (Phi) is 10.8. The maximum Gasteiger partial charge on any atom is 0.186 e. The number of ether oxygens (including phenoxy) is 6. The summed E-state index contributed by atoms with van der Waals surface area (Å²) in [5.41, 5.74) is 1.76. The first-order chi connectivity index (χ1) is 20.5. The highest BCUT2D eigenvalue weighted by Gasteiger charge is 2.50. The first-order valence-electron chi connectivity index (χ1n) is 14.7. The van der Waals surface area contributed by atoms with Gasteiger partial charge in [0.1, 0.15) is 36.1 Å². The van der Waals surface area contributed by atoms with Gasteiger partial charge in [-0.1, -0.05) is 97.9 Å². The third kappa shape index (κ3) is 7.64. The normalized spacial score (nSPS) is 31.3. The third-order valence-electron chi connectivity index (χ3n) is 8.06. The van der Waals surface area contributed by atoms with Crippen molar-refractivity contribution in [1.82, 2.24) is 0 Å². The van der Waals surface area contributed by atoms with Gasteiger partial charge in [0.25, 0.3) is 0 Å². The summed E-state index contributed by atoms with van der Waals surface area (Å²) in [6.45, 7) is 4.95. The molecule has 0 unspecified atom stereocenters. The first-order valence-corrected chi connectivity index (χ1v) is 14.7. The molecule has 2 aliphatic rings. The van der Waals surface area contributed by atoms with Gasteiger partial charge < -0.3 is 38.6 Å². The number of rotatable bonds is 13. The Morgan fingerprint density at radius 2 is 1.19 bits per heavy atom. The van der Waals surface area contributed by atoms with Crippen molar-refractivity contribution < 1.29 is 38.6 Å². The summed E-state index contributed by atoms with van der Waals surface area (Å²) < 4.78 is 37.8. The van der Waals surface area contributed by atoms with E-state index in [1.807, 2.05) is 97.9 Å². The number of aliphatic hydroxyl groups excluding tert-OH is 1. The van der Waals surface area contributed by atoms with E-state index in [1.165, 1.54) is 0 Å². The average Bonchev–Trinajstić information content (AvgIpc) is 3.32. The molecule has 2 heterocycles. The summed E-state index contributed by atoms with van der Waals surface area (Å²) in [5, 5.41) is 21.3. The van der Waals surface area contributed by atoms with Crippen molar-refractivity contribution in [3.8, 4) is 0 Å². The molecule has 0 saturated carbocycles. The predicted octanol–water partition coefficient (Wildman–Crippen LogP) is 4.40. The van der Waals surface area contributed by atoms with Gasteiger partial charge in [-0.25, -0.2) is 0 Å². The lowest BCUT2D eigenvalue weighted by Crippen LogP contribution is -2.60. The van der Waals surface area contributed by atoms with Gasteiger partial charge >= 0.3 is 0 Å². The second-order valence-electron chi connectivity index (χ2n) is 11.1. The van der Waals surface area contributed by atoms with E-state index in [0.29, 0.717) is 26.2 Å². The van der Waals surface area contributed by atoms with E-state index < -0.39 is 42.4 Å². The van der Waals surface area contributed by atoms with E-state index in [-0.39, 0.29) is 19.3 Å². The second-order valence-corrected chi connectivity index (χ2v) is 11.1. The minimum Gasteiger partial charge on any atom is -0.385 e. The zero-order chi connectivity index (χ0) is 29.4. The van der Waals surface area contributed by atoms with Crippen molar-refractivity contribution in [3.63, 3.8) is 0 Å². The fourth-order valence-corrected chi connectivity index (χ4v) is 5.45. The molecule has 2 saturated heterocycles. The predicted molar refractivity (Wildman–Crippen MR) is 156 cm³/mol. The Bertz CT molecular complexity index is 1200. The molecule has 0 aliphatic carbocycles. The van der Waals surface area contributed by atoms with E-state index in [4.69, 9.17) is 28.4 Å². The highest BCUT2D eigenvalue weighted by atomic mass is 16.7. The maximum atomic E-state index is 10.7. The van der Waals surface area contributed by atoms with Crippen LogP contribution >= 0.6 is 0 Å². The molecule has 2 N–H and O–H groups in total. The summed E-state index contributed by atoms with van der Waals surface area (Å²) in [4.78, 5) is 0. The number of hydrogen-bond donors (Lipinski definition) is 2. The van der Waals surface area contributed by atoms with Crippen LogP contribution in [0.5, 0.6) is 0 Å². The fraction of sp³-hybridized carbons (Fsp3) is 0.471. The van der Waals surface area contributed by atoms with E-state index >= 15 is 0 Å². The highest BCUT2D eigenvalue weighted by molar-refractivity contribution is 5.16. The largest absolute Gasteiger partial charge is 0.385 e. The van der Waals surface area contributed by atoms with Gasteiger partial charge in [0.2, 0.25) is 0 Å². The highest BCUT2D eigenvalue weighted by Crippen LogP contribution is 2.33. The molecular formula is C34H42O8. The summed E-state index contributed by atoms with van der Waals surface area (Å²) in [5.74, 6) is 0. The standard InChI is InChI=1S/C34H42O8/c1-3-34(36)23-41-33(32(34)35)40-22-28-30(38-20-26-15-9-5-10-16-26)31(39-21-27-17-11-6-12-18-27)29(24(2)42-28)37-19-25-13-7-4-8-14-25/h4-18,24,28-33,35-36H,3,19-23H2,1-2H3/t24-,28+,29-,30+,31+,32-,33+,34+/m0/s1. The topological polar surface area (TPSA) is 95.8 Å². The lowest BCUT2D eigenvalue weighted by Gasteiger charge is -2.45. The molecule has 8 atom stereocenters.